The number of aromatic amines is 1. The fourth-order valence-corrected chi connectivity index (χ4v) is 5.18. The second-order valence-corrected chi connectivity index (χ2v) is 10.2. The minimum Gasteiger partial charge on any atom is -0.354 e. The molecule has 0 saturated heterocycles. The first-order chi connectivity index (χ1) is 17.8. The molecule has 7 nitrogen and oxygen atoms in total. The molecular formula is C29H38FN5O2. The highest BCUT2D eigenvalue weighted by Crippen LogP contribution is 2.33. The van der Waals surface area contributed by atoms with Gasteiger partial charge in [0.05, 0.1) is 11.0 Å². The smallest absolute Gasteiger partial charge is 0.280 e. The highest BCUT2D eigenvalue weighted by Gasteiger charge is 2.29. The van der Waals surface area contributed by atoms with Crippen molar-refractivity contribution in [1.29, 1.82) is 0 Å². The van der Waals surface area contributed by atoms with Crippen molar-refractivity contribution in [2.45, 2.75) is 72.0 Å². The predicted octanol–water partition coefficient (Wildman–Crippen LogP) is 4.95. The Morgan fingerprint density at radius 2 is 1.76 bits per heavy atom. The number of H-pyrrole nitrogens is 1. The van der Waals surface area contributed by atoms with Gasteiger partial charge in [-0.15, -0.1) is 0 Å². The van der Waals surface area contributed by atoms with Crippen molar-refractivity contribution in [1.82, 2.24) is 19.8 Å². The number of amides is 2. The van der Waals surface area contributed by atoms with Crippen LogP contribution in [0.25, 0.3) is 11.0 Å². The van der Waals surface area contributed by atoms with E-state index in [0.717, 1.165) is 56.4 Å². The van der Waals surface area contributed by atoms with Crippen molar-refractivity contribution >= 4 is 22.8 Å². The Hall–Kier alpha value is -3.26. The largest absolute Gasteiger partial charge is 0.354 e. The third-order valence-electron chi connectivity index (χ3n) is 7.26. The van der Waals surface area contributed by atoms with E-state index in [4.69, 9.17) is 0 Å². The number of carbonyl (C=O) groups is 2. The zero-order chi connectivity index (χ0) is 26.5. The number of rotatable bonds is 8. The van der Waals surface area contributed by atoms with Gasteiger partial charge in [-0.25, -0.2) is 4.39 Å². The highest BCUT2D eigenvalue weighted by molar-refractivity contribution is 5.95. The fourth-order valence-electron chi connectivity index (χ4n) is 5.18. The molecule has 1 fully saturated rings. The van der Waals surface area contributed by atoms with Crippen LogP contribution in [-0.2, 0) is 11.3 Å². The zero-order valence-electron chi connectivity index (χ0n) is 22.3. The maximum Gasteiger partial charge on any atom is 0.280 e. The van der Waals surface area contributed by atoms with Gasteiger partial charge in [-0.1, -0.05) is 19.9 Å². The SMILES string of the molecule is CCN(CC)Cc1ccc2[nH]/c(=N\C(=O)c3ccc(F)cc3)n([C@H]3CC[C@@H](C(=O)NC(C)C)CC3)c2c1. The van der Waals surface area contributed by atoms with Gasteiger partial charge in [0.2, 0.25) is 11.5 Å². The van der Waals surface area contributed by atoms with Gasteiger partial charge in [0.15, 0.2) is 0 Å². The summed E-state index contributed by atoms with van der Waals surface area (Å²) in [7, 11) is 0. The van der Waals surface area contributed by atoms with E-state index < -0.39 is 11.7 Å². The normalized spacial score (nSPS) is 18.6. The monoisotopic (exact) mass is 507 g/mol. The molecule has 2 aromatic carbocycles. The van der Waals surface area contributed by atoms with Crippen LogP contribution in [-0.4, -0.2) is 45.4 Å². The number of nitrogens with one attached hydrogen (secondary N) is 2. The number of imidazole rings is 1. The number of carbonyl (C=O) groups excluding carboxylic acids is 2. The molecule has 0 bridgehead atoms. The quantitative estimate of drug-likeness (QED) is 0.453. The van der Waals surface area contributed by atoms with Crippen molar-refractivity contribution < 1.29 is 14.0 Å². The first-order valence-electron chi connectivity index (χ1n) is 13.4. The maximum atomic E-state index is 13.4. The van der Waals surface area contributed by atoms with E-state index in [9.17, 15) is 14.0 Å². The standard InChI is InChI=1S/C29H38FN5O2/c1-5-34(6-2)18-20-7-16-25-26(17-20)35(24-14-10-22(11-15-24)27(36)31-19(3)4)29(32-25)33-28(37)21-8-12-23(30)13-9-21/h7-9,12-13,16-17,19,22,24H,5-6,10-11,14-15,18H2,1-4H3,(H,31,36)(H,32,33,37)/t22-,24+. The zero-order valence-corrected chi connectivity index (χ0v) is 22.3. The summed E-state index contributed by atoms with van der Waals surface area (Å²) >= 11 is 0. The second kappa shape index (κ2) is 11.9. The van der Waals surface area contributed by atoms with Gasteiger partial charge in [0, 0.05) is 30.1 Å². The molecule has 198 valence electrons. The molecule has 1 aliphatic carbocycles. The summed E-state index contributed by atoms with van der Waals surface area (Å²) in [5.74, 6) is -0.691. The summed E-state index contributed by atoms with van der Waals surface area (Å²) in [5.41, 5.74) is 3.94. The Kier molecular flexibility index (Phi) is 8.59. The number of hydrogen-bond donors (Lipinski definition) is 2. The van der Waals surface area contributed by atoms with E-state index >= 15 is 0 Å². The summed E-state index contributed by atoms with van der Waals surface area (Å²) in [6.07, 6.45) is 3.21. The summed E-state index contributed by atoms with van der Waals surface area (Å²) in [4.78, 5) is 35.7. The average Bonchev–Trinajstić information content (AvgIpc) is 3.24. The molecule has 0 spiro atoms. The molecule has 1 aliphatic rings. The molecule has 0 radical (unpaired) electrons. The molecule has 3 aromatic rings. The lowest BCUT2D eigenvalue weighted by molar-refractivity contribution is -0.126. The third-order valence-corrected chi connectivity index (χ3v) is 7.26. The van der Waals surface area contributed by atoms with Gasteiger partial charge in [0.1, 0.15) is 5.82 Å². The molecule has 0 aliphatic heterocycles. The first-order valence-corrected chi connectivity index (χ1v) is 13.4. The number of hydrogen-bond acceptors (Lipinski definition) is 3. The number of aromatic nitrogens is 2. The Labute approximate surface area is 217 Å². The Morgan fingerprint density at radius 1 is 1.08 bits per heavy atom. The molecule has 1 saturated carbocycles. The molecule has 2 amide bonds. The second-order valence-electron chi connectivity index (χ2n) is 10.2. The lowest BCUT2D eigenvalue weighted by Gasteiger charge is -2.29. The first kappa shape index (κ1) is 26.8. The maximum absolute atomic E-state index is 13.4. The molecule has 8 heteroatoms. The number of fused-ring (bicyclic) bond motifs is 1. The minimum absolute atomic E-state index is 0.00363. The highest BCUT2D eigenvalue weighted by atomic mass is 19.1. The molecule has 1 aromatic heterocycles. The Morgan fingerprint density at radius 3 is 2.38 bits per heavy atom. The Balaban J connectivity index is 1.71. The number of nitrogens with zero attached hydrogens (tertiary/aromatic N) is 3. The van der Waals surface area contributed by atoms with E-state index in [1.807, 2.05) is 19.9 Å². The average molecular weight is 508 g/mol. The van der Waals surface area contributed by atoms with E-state index in [1.165, 1.54) is 29.8 Å². The van der Waals surface area contributed by atoms with Crippen LogP contribution in [0.2, 0.25) is 0 Å². The summed E-state index contributed by atoms with van der Waals surface area (Å²) in [6, 6.07) is 12.0. The molecule has 1 heterocycles. The molecule has 2 N–H and O–H groups in total. The van der Waals surface area contributed by atoms with Crippen molar-refractivity contribution in [2.24, 2.45) is 10.9 Å². The molecule has 0 atom stereocenters. The van der Waals surface area contributed by atoms with Crippen LogP contribution in [0.5, 0.6) is 0 Å². The predicted molar refractivity (Wildman–Crippen MR) is 143 cm³/mol. The van der Waals surface area contributed by atoms with Gasteiger partial charge in [-0.05, 0) is 94.6 Å². The van der Waals surface area contributed by atoms with Crippen LogP contribution in [0.1, 0.15) is 75.3 Å². The fraction of sp³-hybridized carbons (Fsp3) is 0.483. The van der Waals surface area contributed by atoms with Crippen molar-refractivity contribution in [3.05, 3.63) is 65.0 Å². The molecule has 0 unspecified atom stereocenters. The minimum atomic E-state index is -0.423. The number of halogens is 1. The summed E-state index contributed by atoms with van der Waals surface area (Å²) in [5, 5.41) is 3.04. The van der Waals surface area contributed by atoms with E-state index in [-0.39, 0.29) is 23.9 Å². The molecular weight excluding hydrogens is 469 g/mol. The van der Waals surface area contributed by atoms with Crippen molar-refractivity contribution in [3.8, 4) is 0 Å². The van der Waals surface area contributed by atoms with Gasteiger partial charge >= 0.3 is 0 Å². The van der Waals surface area contributed by atoms with Crippen LogP contribution in [0.15, 0.2) is 47.5 Å². The van der Waals surface area contributed by atoms with Crippen molar-refractivity contribution in [2.75, 3.05) is 13.1 Å². The van der Waals surface area contributed by atoms with Gasteiger partial charge in [0.25, 0.3) is 5.91 Å². The lowest BCUT2D eigenvalue weighted by Crippen LogP contribution is -2.38. The lowest BCUT2D eigenvalue weighted by atomic mass is 9.85. The van der Waals surface area contributed by atoms with Crippen LogP contribution in [0.4, 0.5) is 4.39 Å². The third kappa shape index (κ3) is 6.36. The van der Waals surface area contributed by atoms with Crippen molar-refractivity contribution in [3.63, 3.8) is 0 Å². The topological polar surface area (TPSA) is 82.5 Å². The molecule has 4 rings (SSSR count). The number of benzene rings is 2. The van der Waals surface area contributed by atoms with Crippen LogP contribution in [0.3, 0.4) is 0 Å². The van der Waals surface area contributed by atoms with Crippen LogP contribution in [0, 0.1) is 11.7 Å². The van der Waals surface area contributed by atoms with Gasteiger partial charge < -0.3 is 14.9 Å². The van der Waals surface area contributed by atoms with Gasteiger partial charge in [-0.2, -0.15) is 4.99 Å². The Bertz CT molecular complexity index is 1300. The van der Waals surface area contributed by atoms with Gasteiger partial charge in [-0.3, -0.25) is 14.5 Å². The molecule has 37 heavy (non-hydrogen) atoms. The summed E-state index contributed by atoms with van der Waals surface area (Å²) in [6.45, 7) is 11.1. The van der Waals surface area contributed by atoms with E-state index in [2.05, 4.69) is 50.7 Å². The van der Waals surface area contributed by atoms with E-state index in [0.29, 0.717) is 11.2 Å². The van der Waals surface area contributed by atoms with Crippen LogP contribution < -0.4 is 10.9 Å². The van der Waals surface area contributed by atoms with E-state index in [1.54, 1.807) is 0 Å². The van der Waals surface area contributed by atoms with Crippen LogP contribution >= 0.6 is 0 Å². The summed E-state index contributed by atoms with van der Waals surface area (Å²) < 4.78 is 15.5.